The van der Waals surface area contributed by atoms with Crippen LogP contribution in [0.15, 0.2) is 56.6 Å². The molecule has 0 saturated carbocycles. The minimum absolute atomic E-state index is 0.0794. The fourth-order valence-corrected chi connectivity index (χ4v) is 5.65. The van der Waals surface area contributed by atoms with Crippen molar-refractivity contribution in [3.8, 4) is 0 Å². The molecule has 0 unspecified atom stereocenters. The monoisotopic (exact) mass is 469 g/mol. The summed E-state index contributed by atoms with van der Waals surface area (Å²) in [7, 11) is -3.68. The van der Waals surface area contributed by atoms with Crippen LogP contribution >= 0.6 is 0 Å². The highest BCUT2D eigenvalue weighted by Gasteiger charge is 2.26. The van der Waals surface area contributed by atoms with Gasteiger partial charge in [-0.3, -0.25) is 0 Å². The maximum absolute atomic E-state index is 13.1. The molecule has 174 valence electrons. The van der Waals surface area contributed by atoms with Crippen molar-refractivity contribution in [1.82, 2.24) is 4.31 Å². The molecular weight excluding hydrogens is 442 g/mol. The van der Waals surface area contributed by atoms with Gasteiger partial charge in [0.25, 0.3) is 0 Å². The van der Waals surface area contributed by atoms with Gasteiger partial charge in [-0.25, -0.2) is 18.0 Å². The predicted octanol–water partition coefficient (Wildman–Crippen LogP) is 4.33. The van der Waals surface area contributed by atoms with Crippen molar-refractivity contribution < 1.29 is 22.4 Å². The first kappa shape index (κ1) is 23.2. The number of nitrogens with zero attached hydrogens (tertiary/aromatic N) is 1. The van der Waals surface area contributed by atoms with Crippen LogP contribution in [0.5, 0.6) is 0 Å². The first-order chi connectivity index (χ1) is 15.8. The number of hydrogen-bond acceptors (Lipinski definition) is 6. The Morgan fingerprint density at radius 1 is 1.03 bits per heavy atom. The third-order valence-electron chi connectivity index (χ3n) is 6.15. The molecular formula is C25H27NO6S. The molecule has 8 heteroatoms. The molecule has 0 N–H and O–H groups in total. The molecule has 0 spiro atoms. The molecule has 2 heterocycles. The Labute approximate surface area is 193 Å². The molecule has 0 bridgehead atoms. The lowest BCUT2D eigenvalue weighted by Gasteiger charge is -2.20. The van der Waals surface area contributed by atoms with E-state index in [4.69, 9.17) is 9.15 Å². The van der Waals surface area contributed by atoms with Gasteiger partial charge in [-0.1, -0.05) is 31.0 Å². The Kier molecular flexibility index (Phi) is 6.67. The van der Waals surface area contributed by atoms with Gasteiger partial charge in [0.1, 0.15) is 12.2 Å². The van der Waals surface area contributed by atoms with Crippen LogP contribution < -0.4 is 5.63 Å². The summed E-state index contributed by atoms with van der Waals surface area (Å²) in [6.45, 7) is 4.63. The Morgan fingerprint density at radius 3 is 2.48 bits per heavy atom. The van der Waals surface area contributed by atoms with Gasteiger partial charge < -0.3 is 9.15 Å². The average Bonchev–Trinajstić information content (AvgIpc) is 3.10. The Balaban J connectivity index is 1.56. The molecule has 7 nitrogen and oxygen atoms in total. The number of ether oxygens (including phenoxy) is 1. The molecule has 1 fully saturated rings. The third kappa shape index (κ3) is 4.86. The summed E-state index contributed by atoms with van der Waals surface area (Å²) in [5, 5.41) is 0.697. The molecule has 1 saturated heterocycles. The zero-order valence-corrected chi connectivity index (χ0v) is 19.6. The number of hydrogen-bond donors (Lipinski definition) is 0. The lowest BCUT2D eigenvalue weighted by atomic mass is 10.0. The molecule has 0 atom stereocenters. The highest BCUT2D eigenvalue weighted by Crippen LogP contribution is 2.25. The van der Waals surface area contributed by atoms with E-state index in [0.29, 0.717) is 29.6 Å². The Hall–Kier alpha value is -2.97. The van der Waals surface area contributed by atoms with Crippen molar-refractivity contribution in [2.24, 2.45) is 0 Å². The number of sulfonamides is 1. The number of esters is 1. The number of carbonyl (C=O) groups is 1. The van der Waals surface area contributed by atoms with Crippen LogP contribution in [-0.2, 0) is 21.4 Å². The molecule has 1 aromatic heterocycles. The molecule has 4 rings (SSSR count). The van der Waals surface area contributed by atoms with E-state index in [0.717, 1.165) is 36.8 Å². The summed E-state index contributed by atoms with van der Waals surface area (Å²) in [4.78, 5) is 24.9. The highest BCUT2D eigenvalue weighted by atomic mass is 32.2. The van der Waals surface area contributed by atoms with E-state index in [-0.39, 0.29) is 17.1 Å². The van der Waals surface area contributed by atoms with Gasteiger partial charge in [0.15, 0.2) is 0 Å². The van der Waals surface area contributed by atoms with Crippen LogP contribution in [0.3, 0.4) is 0 Å². The van der Waals surface area contributed by atoms with Crippen LogP contribution in [0.1, 0.15) is 52.7 Å². The standard InChI is InChI=1S/C25H27NO6S/c1-17-10-11-22-20(15-23(27)32-24(22)18(17)2)16-31-25(28)19-8-7-9-21(14-19)33(29,30)26-12-5-3-4-6-13-26/h7-11,14-15H,3-6,12-13,16H2,1-2H3. The SMILES string of the molecule is Cc1ccc2c(COC(=O)c3cccc(S(=O)(=O)N4CCCCCC4)c3)cc(=O)oc2c1C. The van der Waals surface area contributed by atoms with Gasteiger partial charge in [-0.15, -0.1) is 0 Å². The first-order valence-corrected chi connectivity index (χ1v) is 12.5. The van der Waals surface area contributed by atoms with Crippen molar-refractivity contribution in [3.63, 3.8) is 0 Å². The van der Waals surface area contributed by atoms with Gasteiger partial charge in [0, 0.05) is 30.1 Å². The number of rotatable bonds is 5. The van der Waals surface area contributed by atoms with Gasteiger partial charge in [0.2, 0.25) is 10.0 Å². The van der Waals surface area contributed by atoms with Crippen LogP contribution in [0.2, 0.25) is 0 Å². The molecule has 3 aromatic rings. The van der Waals surface area contributed by atoms with Gasteiger partial charge in [-0.2, -0.15) is 4.31 Å². The Morgan fingerprint density at radius 2 is 1.76 bits per heavy atom. The molecule has 1 aliphatic heterocycles. The van der Waals surface area contributed by atoms with Crippen LogP contribution in [0.4, 0.5) is 0 Å². The smallest absolute Gasteiger partial charge is 0.338 e. The van der Waals surface area contributed by atoms with Crippen molar-refractivity contribution in [1.29, 1.82) is 0 Å². The lowest BCUT2D eigenvalue weighted by Crippen LogP contribution is -2.32. The summed E-state index contributed by atoms with van der Waals surface area (Å²) in [5.74, 6) is -0.659. The summed E-state index contributed by atoms with van der Waals surface area (Å²) in [6.07, 6.45) is 3.70. The number of carbonyl (C=O) groups excluding carboxylic acids is 1. The summed E-state index contributed by atoms with van der Waals surface area (Å²) in [6, 6.07) is 11.0. The largest absolute Gasteiger partial charge is 0.457 e. The minimum Gasteiger partial charge on any atom is -0.457 e. The van der Waals surface area contributed by atoms with E-state index in [2.05, 4.69) is 0 Å². The van der Waals surface area contributed by atoms with Crippen LogP contribution in [0.25, 0.3) is 11.0 Å². The minimum atomic E-state index is -3.68. The maximum atomic E-state index is 13.1. The van der Waals surface area contributed by atoms with Crippen molar-refractivity contribution in [2.45, 2.75) is 51.0 Å². The first-order valence-electron chi connectivity index (χ1n) is 11.1. The second-order valence-electron chi connectivity index (χ2n) is 8.40. The molecule has 0 radical (unpaired) electrons. The van der Waals surface area contributed by atoms with E-state index >= 15 is 0 Å². The van der Waals surface area contributed by atoms with Crippen LogP contribution in [0, 0.1) is 13.8 Å². The highest BCUT2D eigenvalue weighted by molar-refractivity contribution is 7.89. The van der Waals surface area contributed by atoms with Gasteiger partial charge in [-0.05, 0) is 56.0 Å². The number of fused-ring (bicyclic) bond motifs is 1. The number of aryl methyl sites for hydroxylation is 2. The van der Waals surface area contributed by atoms with E-state index in [9.17, 15) is 18.0 Å². The molecule has 0 aliphatic carbocycles. The average molecular weight is 470 g/mol. The zero-order valence-electron chi connectivity index (χ0n) is 18.8. The van der Waals surface area contributed by atoms with Gasteiger partial charge in [0.05, 0.1) is 10.5 Å². The second kappa shape index (κ2) is 9.49. The van der Waals surface area contributed by atoms with E-state index in [1.165, 1.54) is 28.6 Å². The van der Waals surface area contributed by atoms with Gasteiger partial charge >= 0.3 is 11.6 Å². The molecule has 1 aliphatic rings. The predicted molar refractivity (Wildman–Crippen MR) is 125 cm³/mol. The van der Waals surface area contributed by atoms with Crippen molar-refractivity contribution >= 4 is 27.0 Å². The van der Waals surface area contributed by atoms with E-state index in [1.807, 2.05) is 26.0 Å². The summed E-state index contributed by atoms with van der Waals surface area (Å²) in [5.41, 5.74) is 2.47. The van der Waals surface area contributed by atoms with Crippen LogP contribution in [-0.4, -0.2) is 31.8 Å². The lowest BCUT2D eigenvalue weighted by molar-refractivity contribution is 0.0473. The number of benzene rings is 2. The Bertz CT molecular complexity index is 1350. The van der Waals surface area contributed by atoms with E-state index < -0.39 is 21.6 Å². The third-order valence-corrected chi connectivity index (χ3v) is 8.04. The van der Waals surface area contributed by atoms with Crippen molar-refractivity contribution in [2.75, 3.05) is 13.1 Å². The summed E-state index contributed by atoms with van der Waals surface area (Å²) >= 11 is 0. The molecule has 33 heavy (non-hydrogen) atoms. The van der Waals surface area contributed by atoms with Crippen molar-refractivity contribution in [3.05, 3.63) is 75.1 Å². The summed E-state index contributed by atoms with van der Waals surface area (Å²) < 4.78 is 38.4. The normalized spacial score (nSPS) is 15.3. The fourth-order valence-electron chi connectivity index (χ4n) is 4.09. The molecule has 0 amide bonds. The topological polar surface area (TPSA) is 93.9 Å². The zero-order chi connectivity index (χ0) is 23.6. The molecule has 2 aromatic carbocycles. The second-order valence-corrected chi connectivity index (χ2v) is 10.3. The maximum Gasteiger partial charge on any atom is 0.338 e. The fraction of sp³-hybridized carbons (Fsp3) is 0.360. The quantitative estimate of drug-likeness (QED) is 0.408. The van der Waals surface area contributed by atoms with E-state index in [1.54, 1.807) is 6.07 Å².